The average Bonchev–Trinajstić information content (AvgIpc) is 2.47. The van der Waals surface area contributed by atoms with Gasteiger partial charge in [-0.2, -0.15) is 10.5 Å². The third-order valence-corrected chi connectivity index (χ3v) is 2.75. The molecule has 2 aromatic rings. The molecule has 0 saturated heterocycles. The Kier molecular flexibility index (Phi) is 3.93. The Bertz CT molecular complexity index is 727. The van der Waals surface area contributed by atoms with Crippen molar-refractivity contribution in [2.45, 2.75) is 6.54 Å². The molecule has 1 N–H and O–H groups in total. The number of nitrogens with zero attached hydrogens (tertiary/aromatic N) is 2. The summed E-state index contributed by atoms with van der Waals surface area (Å²) in [6, 6.07) is 11.5. The van der Waals surface area contributed by atoms with E-state index in [9.17, 15) is 8.78 Å². The van der Waals surface area contributed by atoms with E-state index in [-0.39, 0.29) is 12.1 Å². The number of nitrogens with one attached hydrogen (secondary N) is 1. The zero-order valence-electron chi connectivity index (χ0n) is 10.3. The molecule has 2 aromatic carbocycles. The maximum absolute atomic E-state index is 13.6. The zero-order chi connectivity index (χ0) is 14.5. The molecule has 0 amide bonds. The zero-order valence-corrected chi connectivity index (χ0v) is 10.3. The van der Waals surface area contributed by atoms with Crippen molar-refractivity contribution in [3.8, 4) is 12.1 Å². The Balaban J connectivity index is 2.22. The summed E-state index contributed by atoms with van der Waals surface area (Å²) >= 11 is 0. The van der Waals surface area contributed by atoms with E-state index in [0.29, 0.717) is 16.8 Å². The second-order valence-corrected chi connectivity index (χ2v) is 4.07. The first-order valence-electron chi connectivity index (χ1n) is 5.76. The van der Waals surface area contributed by atoms with Gasteiger partial charge in [0, 0.05) is 12.1 Å². The van der Waals surface area contributed by atoms with Gasteiger partial charge < -0.3 is 5.32 Å². The maximum Gasteiger partial charge on any atom is 0.128 e. The van der Waals surface area contributed by atoms with Gasteiger partial charge in [0.15, 0.2) is 0 Å². The lowest BCUT2D eigenvalue weighted by atomic mass is 10.1. The molecule has 98 valence electrons. The Morgan fingerprint density at radius 1 is 1.00 bits per heavy atom. The lowest BCUT2D eigenvalue weighted by Crippen LogP contribution is -2.04. The van der Waals surface area contributed by atoms with Crippen LogP contribution in [0.3, 0.4) is 0 Å². The second kappa shape index (κ2) is 5.81. The molecule has 5 heteroatoms. The van der Waals surface area contributed by atoms with Crippen molar-refractivity contribution in [2.75, 3.05) is 5.32 Å². The summed E-state index contributed by atoms with van der Waals surface area (Å²) < 4.78 is 26.6. The largest absolute Gasteiger partial charge is 0.380 e. The molecule has 2 rings (SSSR count). The summed E-state index contributed by atoms with van der Waals surface area (Å²) in [4.78, 5) is 0. The van der Waals surface area contributed by atoms with E-state index in [1.54, 1.807) is 0 Å². The monoisotopic (exact) mass is 269 g/mol. The van der Waals surface area contributed by atoms with Gasteiger partial charge in [-0.1, -0.05) is 0 Å². The van der Waals surface area contributed by atoms with Gasteiger partial charge in [-0.15, -0.1) is 0 Å². The summed E-state index contributed by atoms with van der Waals surface area (Å²) in [5.41, 5.74) is 1.21. The normalized spacial score (nSPS) is 9.60. The van der Waals surface area contributed by atoms with Gasteiger partial charge in [-0.25, -0.2) is 8.78 Å². The van der Waals surface area contributed by atoms with Gasteiger partial charge >= 0.3 is 0 Å². The molecule has 0 aliphatic rings. The molecule has 20 heavy (non-hydrogen) atoms. The van der Waals surface area contributed by atoms with Crippen molar-refractivity contribution in [2.24, 2.45) is 0 Å². The fourth-order valence-electron chi connectivity index (χ4n) is 1.73. The van der Waals surface area contributed by atoms with Gasteiger partial charge in [0.05, 0.1) is 22.9 Å². The first-order valence-corrected chi connectivity index (χ1v) is 5.76. The van der Waals surface area contributed by atoms with E-state index in [0.717, 1.165) is 6.07 Å². The van der Waals surface area contributed by atoms with Crippen LogP contribution < -0.4 is 5.32 Å². The number of halogens is 2. The van der Waals surface area contributed by atoms with E-state index in [4.69, 9.17) is 10.5 Å². The van der Waals surface area contributed by atoms with Crippen molar-refractivity contribution < 1.29 is 8.78 Å². The Labute approximate surface area is 114 Å². The van der Waals surface area contributed by atoms with Crippen LogP contribution in [-0.4, -0.2) is 0 Å². The molecule has 0 heterocycles. The van der Waals surface area contributed by atoms with Crippen molar-refractivity contribution in [3.05, 3.63) is 64.7 Å². The molecule has 0 saturated carbocycles. The molecular formula is C15H9F2N3. The topological polar surface area (TPSA) is 59.6 Å². The summed E-state index contributed by atoms with van der Waals surface area (Å²) in [5, 5.41) is 20.5. The smallest absolute Gasteiger partial charge is 0.128 e. The minimum atomic E-state index is -0.509. The lowest BCUT2D eigenvalue weighted by molar-refractivity contribution is 0.612. The first-order chi connectivity index (χ1) is 9.63. The Morgan fingerprint density at radius 3 is 2.50 bits per heavy atom. The Hall–Kier alpha value is -2.92. The fraction of sp³-hybridized carbons (Fsp3) is 0.0667. The van der Waals surface area contributed by atoms with E-state index < -0.39 is 11.6 Å². The van der Waals surface area contributed by atoms with E-state index in [1.807, 2.05) is 12.1 Å². The number of nitriles is 2. The molecule has 0 atom stereocenters. The van der Waals surface area contributed by atoms with Crippen LogP contribution in [0.5, 0.6) is 0 Å². The molecule has 0 aliphatic carbocycles. The third kappa shape index (κ3) is 2.90. The van der Waals surface area contributed by atoms with Crippen molar-refractivity contribution in [3.63, 3.8) is 0 Å². The minimum Gasteiger partial charge on any atom is -0.380 e. The quantitative estimate of drug-likeness (QED) is 0.929. The second-order valence-electron chi connectivity index (χ2n) is 4.07. The van der Waals surface area contributed by atoms with Gasteiger partial charge in [0.1, 0.15) is 17.7 Å². The summed E-state index contributed by atoms with van der Waals surface area (Å²) in [6.07, 6.45) is 0. The lowest BCUT2D eigenvalue weighted by Gasteiger charge is -2.09. The predicted octanol–water partition coefficient (Wildman–Crippen LogP) is 3.32. The predicted molar refractivity (Wildman–Crippen MR) is 69.6 cm³/mol. The van der Waals surface area contributed by atoms with E-state index in [2.05, 4.69) is 5.32 Å². The van der Waals surface area contributed by atoms with Crippen LogP contribution in [0.15, 0.2) is 36.4 Å². The highest BCUT2D eigenvalue weighted by Crippen LogP contribution is 2.18. The highest BCUT2D eigenvalue weighted by Gasteiger charge is 2.07. The Morgan fingerprint density at radius 2 is 1.80 bits per heavy atom. The number of anilines is 1. The number of rotatable bonds is 3. The van der Waals surface area contributed by atoms with Gasteiger partial charge in [-0.3, -0.25) is 0 Å². The fourth-order valence-corrected chi connectivity index (χ4v) is 1.73. The van der Waals surface area contributed by atoms with Crippen molar-refractivity contribution in [1.29, 1.82) is 10.5 Å². The number of hydrogen-bond donors (Lipinski definition) is 1. The van der Waals surface area contributed by atoms with Gasteiger partial charge in [-0.05, 0) is 36.4 Å². The van der Waals surface area contributed by atoms with Crippen LogP contribution in [0, 0.1) is 34.3 Å². The minimum absolute atomic E-state index is 0.0989. The van der Waals surface area contributed by atoms with Crippen LogP contribution >= 0.6 is 0 Å². The highest BCUT2D eigenvalue weighted by molar-refractivity contribution is 5.57. The SMILES string of the molecule is N#Cc1ccc(F)c(CNc2ccc(F)cc2C#N)c1. The maximum atomic E-state index is 13.6. The first kappa shape index (κ1) is 13.5. The standard InChI is InChI=1S/C15H9F2N3/c16-13-2-4-15(11(6-13)8-19)20-9-12-5-10(7-18)1-3-14(12)17/h1-6,20H,9H2. The third-order valence-electron chi connectivity index (χ3n) is 2.75. The van der Waals surface area contributed by atoms with E-state index in [1.165, 1.54) is 30.3 Å². The van der Waals surface area contributed by atoms with Crippen molar-refractivity contribution in [1.82, 2.24) is 0 Å². The summed E-state index contributed by atoms with van der Waals surface area (Å²) in [7, 11) is 0. The van der Waals surface area contributed by atoms with Crippen LogP contribution in [0.4, 0.5) is 14.5 Å². The molecule has 3 nitrogen and oxygen atoms in total. The molecule has 0 spiro atoms. The molecule has 0 aliphatic heterocycles. The van der Waals surface area contributed by atoms with Gasteiger partial charge in [0.25, 0.3) is 0 Å². The van der Waals surface area contributed by atoms with Crippen LogP contribution in [0.2, 0.25) is 0 Å². The molecule has 0 unspecified atom stereocenters. The average molecular weight is 269 g/mol. The van der Waals surface area contributed by atoms with E-state index >= 15 is 0 Å². The molecule has 0 aromatic heterocycles. The number of benzene rings is 2. The van der Waals surface area contributed by atoms with Crippen LogP contribution in [0.1, 0.15) is 16.7 Å². The summed E-state index contributed by atoms with van der Waals surface area (Å²) in [5.74, 6) is -0.957. The summed E-state index contributed by atoms with van der Waals surface area (Å²) in [6.45, 7) is 0.0989. The van der Waals surface area contributed by atoms with Crippen molar-refractivity contribution >= 4 is 5.69 Å². The highest BCUT2D eigenvalue weighted by atomic mass is 19.1. The van der Waals surface area contributed by atoms with Crippen LogP contribution in [0.25, 0.3) is 0 Å². The van der Waals surface area contributed by atoms with Crippen LogP contribution in [-0.2, 0) is 6.54 Å². The number of hydrogen-bond acceptors (Lipinski definition) is 3. The molecule has 0 fully saturated rings. The molecule has 0 bridgehead atoms. The molecular weight excluding hydrogens is 260 g/mol. The van der Waals surface area contributed by atoms with Gasteiger partial charge in [0.2, 0.25) is 0 Å². The molecule has 0 radical (unpaired) electrons.